The second kappa shape index (κ2) is 9.98. The molecule has 2 aromatic rings. The summed E-state index contributed by atoms with van der Waals surface area (Å²) in [5.74, 6) is 0.340. The first-order chi connectivity index (χ1) is 13.6. The molecule has 1 N–H and O–H groups in total. The van der Waals surface area contributed by atoms with Gasteiger partial charge in [0.2, 0.25) is 15.9 Å². The van der Waals surface area contributed by atoms with E-state index in [9.17, 15) is 13.2 Å². The van der Waals surface area contributed by atoms with Crippen LogP contribution in [0.1, 0.15) is 36.9 Å². The van der Waals surface area contributed by atoms with Crippen molar-refractivity contribution in [3.8, 4) is 5.75 Å². The van der Waals surface area contributed by atoms with Crippen molar-refractivity contribution in [2.75, 3.05) is 24.2 Å². The fraction of sp³-hybridized carbons (Fsp3) is 0.381. The smallest absolute Gasteiger partial charge is 0.232 e. The fourth-order valence-corrected chi connectivity index (χ4v) is 4.14. The maximum absolute atomic E-state index is 12.3. The lowest BCUT2D eigenvalue weighted by Crippen LogP contribution is -2.32. The Morgan fingerprint density at radius 2 is 1.86 bits per heavy atom. The van der Waals surface area contributed by atoms with Crippen molar-refractivity contribution >= 4 is 33.2 Å². The number of methoxy groups -OCH3 is 1. The number of nitrogens with zero attached hydrogens (tertiary/aromatic N) is 1. The molecule has 0 aromatic heterocycles. The first kappa shape index (κ1) is 23.0. The Bertz CT molecular complexity index is 946. The van der Waals surface area contributed by atoms with Crippen molar-refractivity contribution in [1.29, 1.82) is 0 Å². The van der Waals surface area contributed by atoms with Crippen LogP contribution in [0, 0.1) is 6.92 Å². The molecule has 0 saturated carbocycles. The first-order valence-corrected chi connectivity index (χ1v) is 11.5. The predicted octanol–water partition coefficient (Wildman–Crippen LogP) is 4.08. The number of aryl methyl sites for hydroxylation is 1. The SMILES string of the molecule is COc1ccc(N(CCCC(=O)N[C@@H](C)c2ccc(C)cc2)S(C)(=O)=O)cc1Cl. The third-order valence-corrected chi connectivity index (χ3v) is 6.03. The van der Waals surface area contributed by atoms with Gasteiger partial charge in [0.1, 0.15) is 5.75 Å². The molecule has 0 unspecified atom stereocenters. The number of rotatable bonds is 9. The molecule has 2 aromatic carbocycles. The summed E-state index contributed by atoms with van der Waals surface area (Å²) in [5.41, 5.74) is 2.62. The summed E-state index contributed by atoms with van der Waals surface area (Å²) in [6, 6.07) is 12.6. The van der Waals surface area contributed by atoms with E-state index in [1.165, 1.54) is 11.4 Å². The summed E-state index contributed by atoms with van der Waals surface area (Å²) in [5, 5.41) is 3.27. The van der Waals surface area contributed by atoms with Crippen LogP contribution < -0.4 is 14.4 Å². The van der Waals surface area contributed by atoms with Crippen LogP contribution in [0.15, 0.2) is 42.5 Å². The van der Waals surface area contributed by atoms with Crippen LogP contribution in [0.2, 0.25) is 5.02 Å². The van der Waals surface area contributed by atoms with E-state index in [4.69, 9.17) is 16.3 Å². The highest BCUT2D eigenvalue weighted by molar-refractivity contribution is 7.92. The number of carbonyl (C=O) groups is 1. The molecule has 2 rings (SSSR count). The standard InChI is InChI=1S/C21H27ClN2O4S/c1-15-7-9-17(10-8-15)16(2)23-21(25)6-5-13-24(29(4,26)27)18-11-12-20(28-3)19(22)14-18/h7-12,14,16H,5-6,13H2,1-4H3,(H,23,25)/t16-/m0/s1. The Labute approximate surface area is 177 Å². The van der Waals surface area contributed by atoms with Crippen LogP contribution in [0.4, 0.5) is 5.69 Å². The molecule has 1 atom stereocenters. The summed E-state index contributed by atoms with van der Waals surface area (Å²) < 4.78 is 30.8. The minimum Gasteiger partial charge on any atom is -0.495 e. The van der Waals surface area contributed by atoms with Gasteiger partial charge in [-0.15, -0.1) is 0 Å². The van der Waals surface area contributed by atoms with Crippen molar-refractivity contribution in [2.24, 2.45) is 0 Å². The van der Waals surface area contributed by atoms with E-state index in [0.29, 0.717) is 22.9 Å². The van der Waals surface area contributed by atoms with Gasteiger partial charge < -0.3 is 10.1 Å². The predicted molar refractivity (Wildman–Crippen MR) is 117 cm³/mol. The minimum atomic E-state index is -3.52. The second-order valence-corrected chi connectivity index (χ2v) is 9.27. The molecule has 158 valence electrons. The topological polar surface area (TPSA) is 75.7 Å². The lowest BCUT2D eigenvalue weighted by atomic mass is 10.1. The fourth-order valence-electron chi connectivity index (χ4n) is 2.93. The Morgan fingerprint density at radius 3 is 2.41 bits per heavy atom. The maximum Gasteiger partial charge on any atom is 0.232 e. The lowest BCUT2D eigenvalue weighted by Gasteiger charge is -2.23. The molecular weight excluding hydrogens is 412 g/mol. The number of ether oxygens (including phenoxy) is 1. The molecule has 29 heavy (non-hydrogen) atoms. The van der Waals surface area contributed by atoms with Crippen LogP contribution >= 0.6 is 11.6 Å². The number of nitrogens with one attached hydrogen (secondary N) is 1. The van der Waals surface area contributed by atoms with E-state index in [1.807, 2.05) is 38.1 Å². The molecular formula is C21H27ClN2O4S. The number of halogens is 1. The van der Waals surface area contributed by atoms with E-state index in [2.05, 4.69) is 5.32 Å². The quantitative estimate of drug-likeness (QED) is 0.640. The summed E-state index contributed by atoms with van der Waals surface area (Å²) >= 11 is 6.12. The Kier molecular flexibility index (Phi) is 7.93. The maximum atomic E-state index is 12.3. The molecule has 0 bridgehead atoms. The Hall–Kier alpha value is -2.25. The van der Waals surface area contributed by atoms with Crippen molar-refractivity contribution in [1.82, 2.24) is 5.32 Å². The third kappa shape index (κ3) is 6.65. The van der Waals surface area contributed by atoms with Crippen molar-refractivity contribution in [3.05, 3.63) is 58.6 Å². The van der Waals surface area contributed by atoms with Crippen LogP contribution in [0.3, 0.4) is 0 Å². The number of anilines is 1. The van der Waals surface area contributed by atoms with Crippen LogP contribution in [-0.4, -0.2) is 34.2 Å². The highest BCUT2D eigenvalue weighted by Gasteiger charge is 2.19. The van der Waals surface area contributed by atoms with Crippen LogP contribution in [-0.2, 0) is 14.8 Å². The Balaban J connectivity index is 1.97. The number of amides is 1. The van der Waals surface area contributed by atoms with E-state index in [1.54, 1.807) is 18.2 Å². The van der Waals surface area contributed by atoms with Crippen molar-refractivity contribution < 1.29 is 17.9 Å². The molecule has 6 nitrogen and oxygen atoms in total. The molecule has 0 saturated heterocycles. The average molecular weight is 439 g/mol. The largest absolute Gasteiger partial charge is 0.495 e. The molecule has 0 heterocycles. The first-order valence-electron chi connectivity index (χ1n) is 9.29. The van der Waals surface area contributed by atoms with Gasteiger partial charge in [0, 0.05) is 13.0 Å². The number of benzene rings is 2. The zero-order chi connectivity index (χ0) is 21.6. The molecule has 0 spiro atoms. The Morgan fingerprint density at radius 1 is 1.21 bits per heavy atom. The number of hydrogen-bond acceptors (Lipinski definition) is 4. The lowest BCUT2D eigenvalue weighted by molar-refractivity contribution is -0.121. The van der Waals surface area contributed by atoms with Crippen LogP contribution in [0.5, 0.6) is 5.75 Å². The number of carbonyl (C=O) groups excluding carboxylic acids is 1. The van der Waals surface area contributed by atoms with Gasteiger partial charge in [0.15, 0.2) is 0 Å². The van der Waals surface area contributed by atoms with Crippen molar-refractivity contribution in [3.63, 3.8) is 0 Å². The zero-order valence-corrected chi connectivity index (χ0v) is 18.7. The van der Waals surface area contributed by atoms with Gasteiger partial charge >= 0.3 is 0 Å². The summed E-state index contributed by atoms with van der Waals surface area (Å²) in [6.07, 6.45) is 1.72. The zero-order valence-electron chi connectivity index (χ0n) is 17.1. The highest BCUT2D eigenvalue weighted by Crippen LogP contribution is 2.30. The van der Waals surface area contributed by atoms with Gasteiger partial charge in [-0.25, -0.2) is 8.42 Å². The number of sulfonamides is 1. The summed E-state index contributed by atoms with van der Waals surface area (Å²) in [7, 11) is -2.03. The van der Waals surface area contributed by atoms with E-state index in [-0.39, 0.29) is 24.9 Å². The van der Waals surface area contributed by atoms with Crippen molar-refractivity contribution in [2.45, 2.75) is 32.7 Å². The second-order valence-electron chi connectivity index (χ2n) is 6.96. The molecule has 0 aliphatic heterocycles. The van der Waals surface area contributed by atoms with E-state index in [0.717, 1.165) is 17.4 Å². The van der Waals surface area contributed by atoms with Gasteiger partial charge in [-0.1, -0.05) is 41.4 Å². The van der Waals surface area contributed by atoms with Gasteiger partial charge in [-0.05, 0) is 44.0 Å². The summed E-state index contributed by atoms with van der Waals surface area (Å²) in [4.78, 5) is 12.3. The molecule has 1 amide bonds. The minimum absolute atomic E-state index is 0.116. The van der Waals surface area contributed by atoms with Gasteiger partial charge in [0.25, 0.3) is 0 Å². The third-order valence-electron chi connectivity index (χ3n) is 4.54. The van der Waals surface area contributed by atoms with E-state index >= 15 is 0 Å². The average Bonchev–Trinajstić information content (AvgIpc) is 2.64. The van der Waals surface area contributed by atoms with Gasteiger partial charge in [-0.3, -0.25) is 9.10 Å². The summed E-state index contributed by atoms with van der Waals surface area (Å²) in [6.45, 7) is 4.11. The molecule has 0 aliphatic rings. The number of hydrogen-bond donors (Lipinski definition) is 1. The molecule has 0 aliphatic carbocycles. The molecule has 8 heteroatoms. The van der Waals surface area contributed by atoms with E-state index < -0.39 is 10.0 Å². The molecule has 0 fully saturated rings. The normalized spacial score (nSPS) is 12.3. The molecule has 0 radical (unpaired) electrons. The van der Waals surface area contributed by atoms with Crippen LogP contribution in [0.25, 0.3) is 0 Å². The van der Waals surface area contributed by atoms with Gasteiger partial charge in [-0.2, -0.15) is 0 Å². The highest BCUT2D eigenvalue weighted by atomic mass is 35.5. The van der Waals surface area contributed by atoms with Gasteiger partial charge in [0.05, 0.1) is 30.1 Å². The monoisotopic (exact) mass is 438 g/mol.